The first-order valence-electron chi connectivity index (χ1n) is 14.1. The third kappa shape index (κ3) is 6.58. The van der Waals surface area contributed by atoms with E-state index in [-0.39, 0.29) is 22.3 Å². The molecule has 0 amide bonds. The van der Waals surface area contributed by atoms with Crippen LogP contribution in [0.3, 0.4) is 0 Å². The lowest BCUT2D eigenvalue weighted by Gasteiger charge is -2.26. The first-order valence-corrected chi connectivity index (χ1v) is 14.1. The molecular formula is C37H37NO4. The van der Waals surface area contributed by atoms with Gasteiger partial charge in [-0.3, -0.25) is 4.98 Å². The van der Waals surface area contributed by atoms with E-state index in [0.29, 0.717) is 13.2 Å². The Morgan fingerprint density at radius 2 is 0.786 bits per heavy atom. The van der Waals surface area contributed by atoms with Crippen LogP contribution in [0.1, 0.15) is 61.3 Å². The Balaban J connectivity index is 1.16. The van der Waals surface area contributed by atoms with E-state index in [9.17, 15) is 10.2 Å². The summed E-state index contributed by atoms with van der Waals surface area (Å²) in [6, 6.07) is 36.8. The van der Waals surface area contributed by atoms with Gasteiger partial charge in [0.25, 0.3) is 0 Å². The fourth-order valence-electron chi connectivity index (χ4n) is 5.03. The molecule has 2 N–H and O–H groups in total. The molecule has 0 unspecified atom stereocenters. The molecule has 42 heavy (non-hydrogen) atoms. The van der Waals surface area contributed by atoms with Gasteiger partial charge in [0.2, 0.25) is 0 Å². The lowest BCUT2D eigenvalue weighted by atomic mass is 9.78. The number of benzene rings is 4. The summed E-state index contributed by atoms with van der Waals surface area (Å²) in [4.78, 5) is 4.72. The molecule has 0 aliphatic heterocycles. The average Bonchev–Trinajstić information content (AvgIpc) is 3.00. The van der Waals surface area contributed by atoms with Crippen molar-refractivity contribution in [2.24, 2.45) is 0 Å². The minimum absolute atomic E-state index is 0.203. The van der Waals surface area contributed by atoms with Crippen molar-refractivity contribution in [1.82, 2.24) is 4.98 Å². The number of aromatic nitrogens is 1. The number of rotatable bonds is 10. The van der Waals surface area contributed by atoms with Crippen LogP contribution < -0.4 is 9.47 Å². The molecule has 0 aliphatic carbocycles. The number of pyridine rings is 1. The maximum absolute atomic E-state index is 9.62. The first kappa shape index (κ1) is 28.7. The van der Waals surface area contributed by atoms with Gasteiger partial charge in [0.05, 0.1) is 11.4 Å². The summed E-state index contributed by atoms with van der Waals surface area (Å²) >= 11 is 0. The summed E-state index contributed by atoms with van der Waals surface area (Å²) in [5.74, 6) is 2.09. The zero-order valence-corrected chi connectivity index (χ0v) is 24.5. The highest BCUT2D eigenvalue weighted by Gasteiger charge is 2.24. The molecule has 0 aliphatic rings. The predicted octanol–water partition coefficient (Wildman–Crippen LogP) is 8.30. The number of hydrogen-bond acceptors (Lipinski definition) is 5. The molecule has 5 aromatic rings. The van der Waals surface area contributed by atoms with Crippen LogP contribution in [0.5, 0.6) is 23.0 Å². The summed E-state index contributed by atoms with van der Waals surface area (Å²) in [7, 11) is 0. The highest BCUT2D eigenvalue weighted by molar-refractivity contribution is 5.43. The van der Waals surface area contributed by atoms with Gasteiger partial charge >= 0.3 is 0 Å². The van der Waals surface area contributed by atoms with Gasteiger partial charge in [-0.05, 0) is 82.9 Å². The molecule has 1 aromatic heterocycles. The zero-order valence-electron chi connectivity index (χ0n) is 24.5. The number of hydrogen-bond donors (Lipinski definition) is 2. The van der Waals surface area contributed by atoms with E-state index in [0.717, 1.165) is 45.1 Å². The van der Waals surface area contributed by atoms with Crippen molar-refractivity contribution >= 4 is 0 Å². The number of phenols is 2. The number of ether oxygens (including phenoxy) is 2. The zero-order chi connectivity index (χ0) is 29.7. The van der Waals surface area contributed by atoms with E-state index >= 15 is 0 Å². The molecule has 0 saturated carbocycles. The van der Waals surface area contributed by atoms with E-state index in [1.165, 1.54) is 0 Å². The first-order chi connectivity index (χ1) is 20.1. The van der Waals surface area contributed by atoms with Gasteiger partial charge in [0.15, 0.2) is 0 Å². The quantitative estimate of drug-likeness (QED) is 0.180. The molecule has 0 atom stereocenters. The molecule has 5 heteroatoms. The van der Waals surface area contributed by atoms with Crippen molar-refractivity contribution in [1.29, 1.82) is 0 Å². The normalized spacial score (nSPS) is 11.7. The Morgan fingerprint density at radius 3 is 1.12 bits per heavy atom. The Bertz CT molecular complexity index is 1490. The number of phenolic OH excluding ortho intramolecular Hbond substituents is 2. The van der Waals surface area contributed by atoms with Crippen LogP contribution in [0.4, 0.5) is 0 Å². The monoisotopic (exact) mass is 559 g/mol. The van der Waals surface area contributed by atoms with Crippen molar-refractivity contribution in [3.05, 3.63) is 149 Å². The maximum Gasteiger partial charge on any atom is 0.130 e. The highest BCUT2D eigenvalue weighted by atomic mass is 16.5. The second kappa shape index (κ2) is 12.0. The standard InChI is InChI=1S/C37H37NO4/c1-36(2,26-8-16-32(39)17-9-26)28-12-20-34(21-13-28)41-24-30-6-5-7-31(38-30)25-42-35-22-14-29(15-23-35)37(3,4)27-10-18-33(40)19-11-27/h5-23,39-40H,24-25H2,1-4H3. The number of nitrogens with zero attached hydrogens (tertiary/aromatic N) is 1. The van der Waals surface area contributed by atoms with Gasteiger partial charge in [-0.25, -0.2) is 0 Å². The molecule has 0 spiro atoms. The van der Waals surface area contributed by atoms with Crippen molar-refractivity contribution in [2.75, 3.05) is 0 Å². The molecule has 4 aromatic carbocycles. The molecule has 0 bridgehead atoms. The molecule has 1 heterocycles. The van der Waals surface area contributed by atoms with Crippen LogP contribution in [-0.2, 0) is 24.0 Å². The summed E-state index contributed by atoms with van der Waals surface area (Å²) in [5.41, 5.74) is 5.84. The average molecular weight is 560 g/mol. The fraction of sp³-hybridized carbons (Fsp3) is 0.216. The second-order valence-electron chi connectivity index (χ2n) is 11.6. The lowest BCUT2D eigenvalue weighted by Crippen LogP contribution is -2.18. The van der Waals surface area contributed by atoms with Crippen molar-refractivity contribution in [2.45, 2.75) is 51.7 Å². The lowest BCUT2D eigenvalue weighted by molar-refractivity contribution is 0.290. The highest BCUT2D eigenvalue weighted by Crippen LogP contribution is 2.34. The van der Waals surface area contributed by atoms with Gasteiger partial charge in [0.1, 0.15) is 36.2 Å². The molecule has 0 saturated heterocycles. The van der Waals surface area contributed by atoms with Crippen LogP contribution in [0.25, 0.3) is 0 Å². The van der Waals surface area contributed by atoms with E-state index in [1.54, 1.807) is 24.3 Å². The third-order valence-corrected chi connectivity index (χ3v) is 7.97. The fourth-order valence-corrected chi connectivity index (χ4v) is 5.03. The predicted molar refractivity (Wildman–Crippen MR) is 166 cm³/mol. The van der Waals surface area contributed by atoms with Crippen molar-refractivity contribution in [3.63, 3.8) is 0 Å². The van der Waals surface area contributed by atoms with Crippen LogP contribution in [0.15, 0.2) is 115 Å². The molecule has 0 radical (unpaired) electrons. The minimum Gasteiger partial charge on any atom is -0.508 e. The second-order valence-corrected chi connectivity index (χ2v) is 11.6. The van der Waals surface area contributed by atoms with Gasteiger partial charge in [-0.1, -0.05) is 82.3 Å². The molecule has 5 rings (SSSR count). The van der Waals surface area contributed by atoms with E-state index < -0.39 is 0 Å². The van der Waals surface area contributed by atoms with Crippen LogP contribution >= 0.6 is 0 Å². The molecule has 5 nitrogen and oxygen atoms in total. The SMILES string of the molecule is CC(C)(c1ccc(O)cc1)c1ccc(OCc2cccc(COc3ccc(C(C)(C)c4ccc(O)cc4)cc3)n2)cc1. The Hall–Kier alpha value is -4.77. The van der Waals surface area contributed by atoms with Crippen LogP contribution in [-0.4, -0.2) is 15.2 Å². The molecule has 214 valence electrons. The van der Waals surface area contributed by atoms with E-state index in [2.05, 4.69) is 52.0 Å². The smallest absolute Gasteiger partial charge is 0.130 e. The molecular weight excluding hydrogens is 522 g/mol. The maximum atomic E-state index is 9.62. The Labute approximate surface area is 248 Å². The largest absolute Gasteiger partial charge is 0.508 e. The van der Waals surface area contributed by atoms with Crippen LogP contribution in [0.2, 0.25) is 0 Å². The summed E-state index contributed by atoms with van der Waals surface area (Å²) in [6.07, 6.45) is 0. The summed E-state index contributed by atoms with van der Waals surface area (Å²) in [5, 5.41) is 19.2. The Morgan fingerprint density at radius 1 is 0.476 bits per heavy atom. The topological polar surface area (TPSA) is 71.8 Å². The van der Waals surface area contributed by atoms with Crippen molar-refractivity contribution < 1.29 is 19.7 Å². The number of aromatic hydroxyl groups is 2. The van der Waals surface area contributed by atoms with Gasteiger partial charge in [-0.2, -0.15) is 0 Å². The van der Waals surface area contributed by atoms with E-state index in [1.807, 2.05) is 66.7 Å². The molecule has 0 fully saturated rings. The van der Waals surface area contributed by atoms with Gasteiger partial charge < -0.3 is 19.7 Å². The van der Waals surface area contributed by atoms with E-state index in [4.69, 9.17) is 14.5 Å². The summed E-state index contributed by atoms with van der Waals surface area (Å²) in [6.45, 7) is 9.38. The Kier molecular flexibility index (Phi) is 8.21. The van der Waals surface area contributed by atoms with Crippen molar-refractivity contribution in [3.8, 4) is 23.0 Å². The van der Waals surface area contributed by atoms with Gasteiger partial charge in [-0.15, -0.1) is 0 Å². The van der Waals surface area contributed by atoms with Gasteiger partial charge in [0, 0.05) is 10.8 Å². The summed E-state index contributed by atoms with van der Waals surface area (Å²) < 4.78 is 12.1. The van der Waals surface area contributed by atoms with Crippen LogP contribution in [0, 0.1) is 0 Å². The minimum atomic E-state index is -0.203. The third-order valence-electron chi connectivity index (χ3n) is 7.97.